The molecule has 5 nitrogen and oxygen atoms in total. The lowest BCUT2D eigenvalue weighted by molar-refractivity contribution is -0.112. The van der Waals surface area contributed by atoms with Crippen molar-refractivity contribution >= 4 is 17.9 Å². The summed E-state index contributed by atoms with van der Waals surface area (Å²) in [5, 5.41) is 0. The van der Waals surface area contributed by atoms with E-state index >= 15 is 0 Å². The van der Waals surface area contributed by atoms with E-state index in [0.717, 1.165) is 53.0 Å². The second kappa shape index (κ2) is 9.32. The Hall–Kier alpha value is -3.21. The Morgan fingerprint density at radius 1 is 0.690 bits per heavy atom. The summed E-state index contributed by atoms with van der Waals surface area (Å²) in [6, 6.07) is 11.1. The molecule has 1 aliphatic carbocycles. The SMILES string of the molecule is COc1ccc(OC)c(/C=C2/CCC/C(=C\c3cc(OC)ccc3OC)C2=O)c1. The zero-order valence-corrected chi connectivity index (χ0v) is 17.3. The number of allylic oxidation sites excluding steroid dienone is 2. The van der Waals surface area contributed by atoms with Gasteiger partial charge in [0.15, 0.2) is 5.78 Å². The number of hydrogen-bond donors (Lipinski definition) is 0. The maximum Gasteiger partial charge on any atom is 0.185 e. The summed E-state index contributed by atoms with van der Waals surface area (Å²) in [4.78, 5) is 13.2. The van der Waals surface area contributed by atoms with Crippen LogP contribution >= 0.6 is 0 Å². The first-order valence-corrected chi connectivity index (χ1v) is 9.49. The number of methoxy groups -OCH3 is 4. The summed E-state index contributed by atoms with van der Waals surface area (Å²) in [5.41, 5.74) is 3.18. The van der Waals surface area contributed by atoms with Crippen molar-refractivity contribution in [1.82, 2.24) is 0 Å². The fourth-order valence-electron chi connectivity index (χ4n) is 3.46. The van der Waals surface area contributed by atoms with Gasteiger partial charge in [0, 0.05) is 22.3 Å². The van der Waals surface area contributed by atoms with Gasteiger partial charge in [-0.2, -0.15) is 0 Å². The summed E-state index contributed by atoms with van der Waals surface area (Å²) >= 11 is 0. The molecule has 0 N–H and O–H groups in total. The maximum atomic E-state index is 13.2. The van der Waals surface area contributed by atoms with Crippen molar-refractivity contribution in [2.45, 2.75) is 19.3 Å². The standard InChI is InChI=1S/C24H26O5/c1-26-20-8-10-22(28-3)18(14-20)12-16-6-5-7-17(24(16)25)13-19-15-21(27-2)9-11-23(19)29-4/h8-15H,5-7H2,1-4H3/b16-12-,17-13+. The molecule has 2 aromatic carbocycles. The Bertz CT molecular complexity index is 880. The molecule has 1 saturated carbocycles. The molecule has 0 radical (unpaired) electrons. The first kappa shape index (κ1) is 20.5. The summed E-state index contributed by atoms with van der Waals surface area (Å²) in [7, 11) is 6.47. The highest BCUT2D eigenvalue weighted by Crippen LogP contribution is 2.33. The number of carbonyl (C=O) groups excluding carboxylic acids is 1. The van der Waals surface area contributed by atoms with Crippen LogP contribution in [0.5, 0.6) is 23.0 Å². The van der Waals surface area contributed by atoms with Crippen LogP contribution in [0.1, 0.15) is 30.4 Å². The highest BCUT2D eigenvalue weighted by molar-refractivity contribution is 6.14. The molecule has 0 bridgehead atoms. The van der Waals surface area contributed by atoms with Crippen molar-refractivity contribution in [2.24, 2.45) is 0 Å². The van der Waals surface area contributed by atoms with E-state index in [4.69, 9.17) is 18.9 Å². The number of hydrogen-bond acceptors (Lipinski definition) is 5. The molecule has 0 saturated heterocycles. The lowest BCUT2D eigenvalue weighted by atomic mass is 9.86. The molecule has 1 aliphatic rings. The molecule has 29 heavy (non-hydrogen) atoms. The average Bonchev–Trinajstić information content (AvgIpc) is 2.76. The first-order chi connectivity index (χ1) is 14.1. The van der Waals surface area contributed by atoms with Gasteiger partial charge in [0.25, 0.3) is 0 Å². The molecule has 0 aromatic heterocycles. The second-order valence-corrected chi connectivity index (χ2v) is 6.74. The van der Waals surface area contributed by atoms with E-state index in [-0.39, 0.29) is 5.78 Å². The molecule has 0 aliphatic heterocycles. The summed E-state index contributed by atoms with van der Waals surface area (Å²) in [6.45, 7) is 0. The van der Waals surface area contributed by atoms with Crippen LogP contribution in [0, 0.1) is 0 Å². The third-order valence-corrected chi connectivity index (χ3v) is 5.01. The maximum absolute atomic E-state index is 13.2. The third kappa shape index (κ3) is 4.62. The van der Waals surface area contributed by atoms with Gasteiger partial charge in [-0.3, -0.25) is 4.79 Å². The Balaban J connectivity index is 1.98. The molecule has 152 valence electrons. The van der Waals surface area contributed by atoms with Crippen LogP contribution in [0.15, 0.2) is 47.5 Å². The minimum Gasteiger partial charge on any atom is -0.497 e. The van der Waals surface area contributed by atoms with Crippen LogP contribution in [0.2, 0.25) is 0 Å². The summed E-state index contributed by atoms with van der Waals surface area (Å²) in [5.74, 6) is 2.90. The first-order valence-electron chi connectivity index (χ1n) is 9.49. The molecule has 0 heterocycles. The van der Waals surface area contributed by atoms with E-state index in [0.29, 0.717) is 11.5 Å². The number of ether oxygens (including phenoxy) is 4. The van der Waals surface area contributed by atoms with Crippen molar-refractivity contribution < 1.29 is 23.7 Å². The van der Waals surface area contributed by atoms with Gasteiger partial charge in [0.05, 0.1) is 28.4 Å². The molecule has 2 aromatic rings. The summed E-state index contributed by atoms with van der Waals surface area (Å²) < 4.78 is 21.5. The Labute approximate surface area is 171 Å². The number of carbonyl (C=O) groups is 1. The molecule has 1 fully saturated rings. The molecular formula is C24H26O5. The van der Waals surface area contributed by atoms with Crippen molar-refractivity contribution in [1.29, 1.82) is 0 Å². The van der Waals surface area contributed by atoms with Crippen molar-refractivity contribution in [3.8, 4) is 23.0 Å². The molecule has 0 amide bonds. The van der Waals surface area contributed by atoms with Gasteiger partial charge in [-0.25, -0.2) is 0 Å². The van der Waals surface area contributed by atoms with Crippen LogP contribution in [0.25, 0.3) is 12.2 Å². The monoisotopic (exact) mass is 394 g/mol. The van der Waals surface area contributed by atoms with Crippen molar-refractivity contribution in [2.75, 3.05) is 28.4 Å². The van der Waals surface area contributed by atoms with Crippen LogP contribution in [0.3, 0.4) is 0 Å². The predicted octanol–water partition coefficient (Wildman–Crippen LogP) is 4.94. The highest BCUT2D eigenvalue weighted by Gasteiger charge is 2.22. The molecular weight excluding hydrogens is 368 g/mol. The van der Waals surface area contributed by atoms with Crippen LogP contribution < -0.4 is 18.9 Å². The molecule has 3 rings (SSSR count). The topological polar surface area (TPSA) is 54.0 Å². The molecule has 5 heteroatoms. The fourth-order valence-corrected chi connectivity index (χ4v) is 3.46. The highest BCUT2D eigenvalue weighted by atomic mass is 16.5. The van der Waals surface area contributed by atoms with Crippen molar-refractivity contribution in [3.05, 3.63) is 58.7 Å². The normalized spacial score (nSPS) is 16.8. The average molecular weight is 394 g/mol. The Morgan fingerprint density at radius 2 is 1.14 bits per heavy atom. The minimum absolute atomic E-state index is 0.0472. The van der Waals surface area contributed by atoms with E-state index in [9.17, 15) is 4.79 Å². The second-order valence-electron chi connectivity index (χ2n) is 6.74. The Morgan fingerprint density at radius 3 is 1.52 bits per heavy atom. The van der Waals surface area contributed by atoms with E-state index in [2.05, 4.69) is 0 Å². The zero-order chi connectivity index (χ0) is 20.8. The lowest BCUT2D eigenvalue weighted by Crippen LogP contribution is -2.12. The number of rotatable bonds is 6. The van der Waals surface area contributed by atoms with Crippen LogP contribution in [-0.4, -0.2) is 34.2 Å². The third-order valence-electron chi connectivity index (χ3n) is 5.01. The van der Waals surface area contributed by atoms with Crippen molar-refractivity contribution in [3.63, 3.8) is 0 Å². The van der Waals surface area contributed by atoms with Crippen LogP contribution in [0.4, 0.5) is 0 Å². The van der Waals surface area contributed by atoms with E-state index in [1.54, 1.807) is 28.4 Å². The molecule has 0 unspecified atom stereocenters. The molecule has 0 atom stereocenters. The van der Waals surface area contributed by atoms with Gasteiger partial charge in [0.2, 0.25) is 0 Å². The fraction of sp³-hybridized carbons (Fsp3) is 0.292. The Kier molecular flexibility index (Phi) is 6.60. The molecule has 0 spiro atoms. The number of ketones is 1. The van der Waals surface area contributed by atoms with Gasteiger partial charge >= 0.3 is 0 Å². The van der Waals surface area contributed by atoms with Gasteiger partial charge in [-0.05, 0) is 67.8 Å². The van der Waals surface area contributed by atoms with Crippen LogP contribution in [-0.2, 0) is 4.79 Å². The number of benzene rings is 2. The van der Waals surface area contributed by atoms with Gasteiger partial charge in [0.1, 0.15) is 23.0 Å². The van der Waals surface area contributed by atoms with E-state index in [1.807, 2.05) is 48.6 Å². The zero-order valence-electron chi connectivity index (χ0n) is 17.3. The smallest absolute Gasteiger partial charge is 0.185 e. The quantitative estimate of drug-likeness (QED) is 0.650. The minimum atomic E-state index is 0.0472. The van der Waals surface area contributed by atoms with E-state index in [1.165, 1.54) is 0 Å². The van der Waals surface area contributed by atoms with Gasteiger partial charge < -0.3 is 18.9 Å². The summed E-state index contributed by atoms with van der Waals surface area (Å²) in [6.07, 6.45) is 6.17. The van der Waals surface area contributed by atoms with Gasteiger partial charge in [-0.15, -0.1) is 0 Å². The van der Waals surface area contributed by atoms with E-state index < -0.39 is 0 Å². The largest absolute Gasteiger partial charge is 0.497 e. The van der Waals surface area contributed by atoms with Gasteiger partial charge in [-0.1, -0.05) is 0 Å². The lowest BCUT2D eigenvalue weighted by Gasteiger charge is -2.18. The number of Topliss-reactive ketones (excluding diaryl/α,β-unsaturated/α-hetero) is 1. The predicted molar refractivity (Wildman–Crippen MR) is 114 cm³/mol.